The molecular weight excluding hydrogens is 464 g/mol. The van der Waals surface area contributed by atoms with E-state index in [0.29, 0.717) is 35.0 Å². The highest BCUT2D eigenvalue weighted by atomic mass is 35.5. The SMILES string of the molecule is COc1ccc(-c2nnc(NC(=O)C3CCCN(S(=O)(=O)c4ccc(Cl)s4)C3)o2)cc1. The van der Waals surface area contributed by atoms with E-state index < -0.39 is 15.9 Å². The summed E-state index contributed by atoms with van der Waals surface area (Å²) in [6.07, 6.45) is 1.12. The van der Waals surface area contributed by atoms with E-state index in [1.54, 1.807) is 37.4 Å². The molecule has 3 heterocycles. The van der Waals surface area contributed by atoms with Gasteiger partial charge in [-0.05, 0) is 49.2 Å². The van der Waals surface area contributed by atoms with Crippen LogP contribution < -0.4 is 10.1 Å². The molecule has 1 fully saturated rings. The fraction of sp³-hybridized carbons (Fsp3) is 0.316. The zero-order valence-electron chi connectivity index (χ0n) is 16.4. The molecule has 1 atom stereocenters. The van der Waals surface area contributed by atoms with Gasteiger partial charge in [-0.1, -0.05) is 16.7 Å². The molecule has 9 nitrogen and oxygen atoms in total. The molecule has 4 rings (SSSR count). The first-order chi connectivity index (χ1) is 14.9. The maximum absolute atomic E-state index is 12.8. The van der Waals surface area contributed by atoms with Gasteiger partial charge < -0.3 is 9.15 Å². The molecule has 12 heteroatoms. The van der Waals surface area contributed by atoms with Crippen LogP contribution in [0, 0.1) is 5.92 Å². The summed E-state index contributed by atoms with van der Waals surface area (Å²) in [7, 11) is -2.12. The summed E-state index contributed by atoms with van der Waals surface area (Å²) in [5.41, 5.74) is 0.679. The van der Waals surface area contributed by atoms with Gasteiger partial charge in [0.1, 0.15) is 9.96 Å². The molecule has 0 aliphatic carbocycles. The number of hydrogen-bond donors (Lipinski definition) is 1. The van der Waals surface area contributed by atoms with E-state index in [1.807, 2.05) is 0 Å². The maximum atomic E-state index is 12.8. The van der Waals surface area contributed by atoms with Crippen molar-refractivity contribution in [3.8, 4) is 17.2 Å². The van der Waals surface area contributed by atoms with Crippen LogP contribution in [0.1, 0.15) is 12.8 Å². The summed E-state index contributed by atoms with van der Waals surface area (Å²) < 4.78 is 38.2. The van der Waals surface area contributed by atoms with Crippen LogP contribution in [0.15, 0.2) is 45.0 Å². The third-order valence-electron chi connectivity index (χ3n) is 4.89. The third-order valence-corrected chi connectivity index (χ3v) is 8.45. The Labute approximate surface area is 188 Å². The smallest absolute Gasteiger partial charge is 0.322 e. The molecule has 1 aliphatic rings. The van der Waals surface area contributed by atoms with Gasteiger partial charge in [-0.2, -0.15) is 4.31 Å². The molecule has 1 aromatic carbocycles. The number of sulfonamides is 1. The molecule has 1 N–H and O–H groups in total. The van der Waals surface area contributed by atoms with Crippen LogP contribution in [0.5, 0.6) is 5.75 Å². The number of halogens is 1. The average Bonchev–Trinajstić information content (AvgIpc) is 3.43. The van der Waals surface area contributed by atoms with E-state index in [-0.39, 0.29) is 28.6 Å². The topological polar surface area (TPSA) is 115 Å². The van der Waals surface area contributed by atoms with Crippen molar-refractivity contribution in [2.24, 2.45) is 5.92 Å². The van der Waals surface area contributed by atoms with Crippen LogP contribution in [0.25, 0.3) is 11.5 Å². The van der Waals surface area contributed by atoms with Gasteiger partial charge >= 0.3 is 6.01 Å². The molecule has 1 aliphatic heterocycles. The van der Waals surface area contributed by atoms with Gasteiger partial charge in [-0.3, -0.25) is 10.1 Å². The molecule has 1 amide bonds. The van der Waals surface area contributed by atoms with Crippen molar-refractivity contribution >= 4 is 44.9 Å². The summed E-state index contributed by atoms with van der Waals surface area (Å²) in [5, 5.41) is 10.4. The summed E-state index contributed by atoms with van der Waals surface area (Å²) in [6.45, 7) is 0.424. The number of nitrogens with one attached hydrogen (secondary N) is 1. The second-order valence-electron chi connectivity index (χ2n) is 6.89. The van der Waals surface area contributed by atoms with Crippen molar-refractivity contribution in [3.05, 3.63) is 40.7 Å². The van der Waals surface area contributed by atoms with Crippen LogP contribution in [0.4, 0.5) is 6.01 Å². The van der Waals surface area contributed by atoms with Crippen molar-refractivity contribution in [2.75, 3.05) is 25.5 Å². The van der Waals surface area contributed by atoms with Crippen molar-refractivity contribution in [1.29, 1.82) is 0 Å². The standard InChI is InChI=1S/C19H19ClN4O5S2/c1-28-14-6-4-12(5-7-14)18-22-23-19(29-18)21-17(25)13-3-2-10-24(11-13)31(26,27)16-9-8-15(20)30-16/h4-9,13H,2-3,10-11H2,1H3,(H,21,23,25). The minimum atomic E-state index is -3.69. The zero-order chi connectivity index (χ0) is 22.0. The first-order valence-corrected chi connectivity index (χ1v) is 12.0. The average molecular weight is 483 g/mol. The van der Waals surface area contributed by atoms with Gasteiger partial charge in [0.25, 0.3) is 10.0 Å². The Hall–Kier alpha value is -2.47. The lowest BCUT2D eigenvalue weighted by molar-refractivity contribution is -0.121. The number of piperidine rings is 1. The Morgan fingerprint density at radius 1 is 1.26 bits per heavy atom. The van der Waals surface area contributed by atoms with Gasteiger partial charge in [0.05, 0.1) is 17.4 Å². The summed E-state index contributed by atoms with van der Waals surface area (Å²) >= 11 is 6.88. The third kappa shape index (κ3) is 4.74. The quantitative estimate of drug-likeness (QED) is 0.571. The molecule has 1 saturated heterocycles. The molecule has 0 spiro atoms. The number of methoxy groups -OCH3 is 1. The van der Waals surface area contributed by atoms with E-state index in [0.717, 1.165) is 11.3 Å². The van der Waals surface area contributed by atoms with Gasteiger partial charge in [-0.25, -0.2) is 8.42 Å². The van der Waals surface area contributed by atoms with Crippen LogP contribution in [-0.4, -0.2) is 49.0 Å². The lowest BCUT2D eigenvalue weighted by Crippen LogP contribution is -2.43. The lowest BCUT2D eigenvalue weighted by atomic mass is 9.99. The van der Waals surface area contributed by atoms with Gasteiger partial charge in [-0.15, -0.1) is 16.4 Å². The highest BCUT2D eigenvalue weighted by Crippen LogP contribution is 2.31. The Balaban J connectivity index is 1.42. The number of hydrogen-bond acceptors (Lipinski definition) is 8. The van der Waals surface area contributed by atoms with Crippen LogP contribution >= 0.6 is 22.9 Å². The van der Waals surface area contributed by atoms with Crippen LogP contribution in [0.2, 0.25) is 4.34 Å². The van der Waals surface area contributed by atoms with Crippen LogP contribution in [0.3, 0.4) is 0 Å². The van der Waals surface area contributed by atoms with E-state index >= 15 is 0 Å². The van der Waals surface area contributed by atoms with E-state index in [4.69, 9.17) is 20.8 Å². The van der Waals surface area contributed by atoms with Crippen molar-refractivity contribution < 1.29 is 22.4 Å². The highest BCUT2D eigenvalue weighted by molar-refractivity contribution is 7.91. The molecule has 3 aromatic rings. The summed E-state index contributed by atoms with van der Waals surface area (Å²) in [4.78, 5) is 12.7. The summed E-state index contributed by atoms with van der Waals surface area (Å²) in [6, 6.07) is 10.0. The van der Waals surface area contributed by atoms with E-state index in [1.165, 1.54) is 10.4 Å². The molecule has 0 bridgehead atoms. The number of carbonyl (C=O) groups excluding carboxylic acids is 1. The maximum Gasteiger partial charge on any atom is 0.322 e. The minimum absolute atomic E-state index is 0.0409. The molecular formula is C19H19ClN4O5S2. The normalized spacial score (nSPS) is 17.4. The van der Waals surface area contributed by atoms with Crippen LogP contribution in [-0.2, 0) is 14.8 Å². The molecule has 1 unspecified atom stereocenters. The number of aromatic nitrogens is 2. The number of benzene rings is 1. The molecule has 2 aromatic heterocycles. The predicted octanol–water partition coefficient (Wildman–Crippen LogP) is 3.50. The second kappa shape index (κ2) is 8.95. The molecule has 0 radical (unpaired) electrons. The van der Waals surface area contributed by atoms with Crippen molar-refractivity contribution in [1.82, 2.24) is 14.5 Å². The largest absolute Gasteiger partial charge is 0.497 e. The van der Waals surface area contributed by atoms with E-state index in [9.17, 15) is 13.2 Å². The summed E-state index contributed by atoms with van der Waals surface area (Å²) in [5.74, 6) is 0.0446. The Morgan fingerprint density at radius 3 is 2.71 bits per heavy atom. The Kier molecular flexibility index (Phi) is 6.28. The Morgan fingerprint density at radius 2 is 2.03 bits per heavy atom. The predicted molar refractivity (Wildman–Crippen MR) is 116 cm³/mol. The molecule has 0 saturated carbocycles. The zero-order valence-corrected chi connectivity index (χ0v) is 18.8. The highest BCUT2D eigenvalue weighted by Gasteiger charge is 2.34. The first kappa shape index (κ1) is 21.8. The first-order valence-electron chi connectivity index (χ1n) is 9.41. The number of amides is 1. The van der Waals surface area contributed by atoms with Gasteiger partial charge in [0, 0.05) is 18.7 Å². The molecule has 31 heavy (non-hydrogen) atoms. The minimum Gasteiger partial charge on any atom is -0.497 e. The Bertz CT molecular complexity index is 1180. The fourth-order valence-corrected chi connectivity index (χ4v) is 6.43. The number of thiophene rings is 1. The van der Waals surface area contributed by atoms with Crippen molar-refractivity contribution in [2.45, 2.75) is 17.1 Å². The number of anilines is 1. The number of nitrogens with zero attached hydrogens (tertiary/aromatic N) is 3. The number of ether oxygens (including phenoxy) is 1. The van der Waals surface area contributed by atoms with Gasteiger partial charge in [0.2, 0.25) is 11.8 Å². The van der Waals surface area contributed by atoms with E-state index in [2.05, 4.69) is 15.5 Å². The number of carbonyl (C=O) groups is 1. The van der Waals surface area contributed by atoms with Gasteiger partial charge in [0.15, 0.2) is 0 Å². The second-order valence-corrected chi connectivity index (χ2v) is 10.8. The lowest BCUT2D eigenvalue weighted by Gasteiger charge is -2.30. The fourth-order valence-electron chi connectivity index (χ4n) is 3.27. The molecule has 164 valence electrons. The number of rotatable bonds is 6. The monoisotopic (exact) mass is 482 g/mol. The van der Waals surface area contributed by atoms with Crippen molar-refractivity contribution in [3.63, 3.8) is 0 Å².